The van der Waals surface area contributed by atoms with Gasteiger partial charge in [0.05, 0.1) is 0 Å². The fourth-order valence-corrected chi connectivity index (χ4v) is 2.51. The predicted molar refractivity (Wildman–Crippen MR) is 69.6 cm³/mol. The van der Waals surface area contributed by atoms with Crippen molar-refractivity contribution in [1.29, 1.82) is 0 Å². The Morgan fingerprint density at radius 2 is 1.75 bits per heavy atom. The third kappa shape index (κ3) is 6.49. The Labute approximate surface area is 101 Å². The summed E-state index contributed by atoms with van der Waals surface area (Å²) in [4.78, 5) is 0. The van der Waals surface area contributed by atoms with Crippen LogP contribution in [0, 0.1) is 5.92 Å². The highest BCUT2D eigenvalue weighted by Crippen LogP contribution is 2.17. The van der Waals surface area contributed by atoms with E-state index < -0.39 is 0 Å². The average Bonchev–Trinajstić information content (AvgIpc) is 2.26. The summed E-state index contributed by atoms with van der Waals surface area (Å²) in [5.41, 5.74) is 0. The molecule has 1 rings (SSSR count). The first-order chi connectivity index (χ1) is 7.83. The van der Waals surface area contributed by atoms with Crippen molar-refractivity contribution in [3.8, 4) is 0 Å². The maximum atomic E-state index is 8.93. The molecule has 0 saturated heterocycles. The molecule has 2 heteroatoms. The number of hydrogen-bond donors (Lipinski definition) is 2. The van der Waals surface area contributed by atoms with E-state index in [9.17, 15) is 0 Å². The number of hydrogen-bond acceptors (Lipinski definition) is 2. The van der Waals surface area contributed by atoms with Gasteiger partial charge in [0, 0.05) is 12.6 Å². The van der Waals surface area contributed by atoms with Gasteiger partial charge in [-0.3, -0.25) is 0 Å². The summed E-state index contributed by atoms with van der Waals surface area (Å²) in [6.07, 6.45) is 12.2. The van der Waals surface area contributed by atoms with Crippen molar-refractivity contribution in [2.75, 3.05) is 13.2 Å². The minimum atomic E-state index is 0.337. The second-order valence-electron chi connectivity index (χ2n) is 5.43. The van der Waals surface area contributed by atoms with Crippen molar-refractivity contribution in [2.45, 2.75) is 70.8 Å². The highest BCUT2D eigenvalue weighted by atomic mass is 16.3. The SMILES string of the molecule is CC(CO)CCCNC1CCCCCCC1. The number of aliphatic hydroxyl groups is 1. The summed E-state index contributed by atoms with van der Waals surface area (Å²) in [5, 5.41) is 12.6. The molecule has 0 aromatic heterocycles. The summed E-state index contributed by atoms with van der Waals surface area (Å²) >= 11 is 0. The molecular weight excluding hydrogens is 198 g/mol. The Morgan fingerprint density at radius 1 is 1.12 bits per heavy atom. The van der Waals surface area contributed by atoms with Crippen LogP contribution in [-0.2, 0) is 0 Å². The lowest BCUT2D eigenvalue weighted by molar-refractivity contribution is 0.227. The van der Waals surface area contributed by atoms with Gasteiger partial charge < -0.3 is 10.4 Å². The van der Waals surface area contributed by atoms with Gasteiger partial charge in [0.15, 0.2) is 0 Å². The molecule has 0 radical (unpaired) electrons. The predicted octanol–water partition coefficient (Wildman–Crippen LogP) is 3.10. The third-order valence-corrected chi connectivity index (χ3v) is 3.72. The topological polar surface area (TPSA) is 32.3 Å². The van der Waals surface area contributed by atoms with Crippen LogP contribution in [-0.4, -0.2) is 24.3 Å². The molecule has 2 N–H and O–H groups in total. The zero-order valence-corrected chi connectivity index (χ0v) is 10.9. The van der Waals surface area contributed by atoms with E-state index in [2.05, 4.69) is 12.2 Å². The number of nitrogens with one attached hydrogen (secondary N) is 1. The minimum absolute atomic E-state index is 0.337. The van der Waals surface area contributed by atoms with Crippen LogP contribution < -0.4 is 5.32 Å². The number of rotatable bonds is 6. The molecule has 1 saturated carbocycles. The molecule has 0 spiro atoms. The average molecular weight is 227 g/mol. The van der Waals surface area contributed by atoms with E-state index in [-0.39, 0.29) is 0 Å². The van der Waals surface area contributed by atoms with Crippen molar-refractivity contribution >= 4 is 0 Å². The Kier molecular flexibility index (Phi) is 7.87. The summed E-state index contributed by atoms with van der Waals surface area (Å²) in [5.74, 6) is 0.471. The van der Waals surface area contributed by atoms with E-state index in [1.165, 1.54) is 51.4 Å². The van der Waals surface area contributed by atoms with E-state index in [1.807, 2.05) is 0 Å². The van der Waals surface area contributed by atoms with E-state index in [0.717, 1.165) is 19.0 Å². The fourth-order valence-electron chi connectivity index (χ4n) is 2.51. The van der Waals surface area contributed by atoms with Crippen LogP contribution in [0.25, 0.3) is 0 Å². The fraction of sp³-hybridized carbons (Fsp3) is 1.00. The first kappa shape index (κ1) is 14.0. The van der Waals surface area contributed by atoms with Crippen molar-refractivity contribution in [2.24, 2.45) is 5.92 Å². The lowest BCUT2D eigenvalue weighted by Gasteiger charge is -2.21. The summed E-state index contributed by atoms with van der Waals surface area (Å²) < 4.78 is 0. The van der Waals surface area contributed by atoms with Gasteiger partial charge in [-0.05, 0) is 38.1 Å². The van der Waals surface area contributed by atoms with E-state index in [0.29, 0.717) is 12.5 Å². The highest BCUT2D eigenvalue weighted by molar-refractivity contribution is 4.69. The second-order valence-corrected chi connectivity index (χ2v) is 5.43. The second kappa shape index (κ2) is 9.00. The third-order valence-electron chi connectivity index (χ3n) is 3.72. The molecule has 0 heterocycles. The summed E-state index contributed by atoms with van der Waals surface area (Å²) in [6.45, 7) is 3.59. The van der Waals surface area contributed by atoms with Crippen LogP contribution in [0.5, 0.6) is 0 Å². The zero-order chi connectivity index (χ0) is 11.6. The first-order valence-electron chi connectivity index (χ1n) is 7.17. The first-order valence-corrected chi connectivity index (χ1v) is 7.17. The van der Waals surface area contributed by atoms with Crippen LogP contribution in [0.15, 0.2) is 0 Å². The molecule has 0 bridgehead atoms. The molecule has 0 amide bonds. The Morgan fingerprint density at radius 3 is 2.38 bits per heavy atom. The molecule has 0 aromatic rings. The molecule has 1 aliphatic carbocycles. The van der Waals surface area contributed by atoms with Crippen molar-refractivity contribution in [3.05, 3.63) is 0 Å². The van der Waals surface area contributed by atoms with Crippen molar-refractivity contribution < 1.29 is 5.11 Å². The van der Waals surface area contributed by atoms with Gasteiger partial charge in [-0.15, -0.1) is 0 Å². The van der Waals surface area contributed by atoms with Crippen LogP contribution in [0.1, 0.15) is 64.7 Å². The molecule has 1 unspecified atom stereocenters. The lowest BCUT2D eigenvalue weighted by Crippen LogP contribution is -2.30. The van der Waals surface area contributed by atoms with Gasteiger partial charge in [0.1, 0.15) is 0 Å². The molecule has 2 nitrogen and oxygen atoms in total. The Hall–Kier alpha value is -0.0800. The smallest absolute Gasteiger partial charge is 0.0456 e. The van der Waals surface area contributed by atoms with Crippen LogP contribution in [0.3, 0.4) is 0 Å². The maximum Gasteiger partial charge on any atom is 0.0456 e. The minimum Gasteiger partial charge on any atom is -0.396 e. The lowest BCUT2D eigenvalue weighted by atomic mass is 9.96. The van der Waals surface area contributed by atoms with Crippen molar-refractivity contribution in [1.82, 2.24) is 5.32 Å². The van der Waals surface area contributed by atoms with Gasteiger partial charge in [-0.2, -0.15) is 0 Å². The molecule has 1 atom stereocenters. The summed E-state index contributed by atoms with van der Waals surface area (Å²) in [7, 11) is 0. The molecule has 1 fully saturated rings. The van der Waals surface area contributed by atoms with E-state index >= 15 is 0 Å². The van der Waals surface area contributed by atoms with Crippen molar-refractivity contribution in [3.63, 3.8) is 0 Å². The highest BCUT2D eigenvalue weighted by Gasteiger charge is 2.10. The Balaban J connectivity index is 2.01. The molecule has 0 aromatic carbocycles. The zero-order valence-electron chi connectivity index (χ0n) is 10.9. The molecule has 1 aliphatic rings. The standard InChI is InChI=1S/C14H29NO/c1-13(12-16)8-7-11-15-14-9-5-3-2-4-6-10-14/h13-16H,2-12H2,1H3. The largest absolute Gasteiger partial charge is 0.396 e. The van der Waals surface area contributed by atoms with Gasteiger partial charge in [-0.1, -0.05) is 39.0 Å². The van der Waals surface area contributed by atoms with Crippen LogP contribution >= 0.6 is 0 Å². The van der Waals surface area contributed by atoms with E-state index in [1.54, 1.807) is 0 Å². The van der Waals surface area contributed by atoms with Gasteiger partial charge >= 0.3 is 0 Å². The normalized spacial score (nSPS) is 21.4. The molecular formula is C14H29NO. The van der Waals surface area contributed by atoms with Gasteiger partial charge in [0.25, 0.3) is 0 Å². The monoisotopic (exact) mass is 227 g/mol. The maximum absolute atomic E-state index is 8.93. The quantitative estimate of drug-likeness (QED) is 0.683. The van der Waals surface area contributed by atoms with Crippen LogP contribution in [0.2, 0.25) is 0 Å². The molecule has 0 aliphatic heterocycles. The van der Waals surface area contributed by atoms with Crippen LogP contribution in [0.4, 0.5) is 0 Å². The van der Waals surface area contributed by atoms with Gasteiger partial charge in [-0.25, -0.2) is 0 Å². The Bertz CT molecular complexity index is 153. The van der Waals surface area contributed by atoms with E-state index in [4.69, 9.17) is 5.11 Å². The molecule has 16 heavy (non-hydrogen) atoms. The summed E-state index contributed by atoms with van der Waals surface area (Å²) in [6, 6.07) is 0.768. The number of aliphatic hydroxyl groups excluding tert-OH is 1. The van der Waals surface area contributed by atoms with Gasteiger partial charge in [0.2, 0.25) is 0 Å². The molecule has 96 valence electrons.